The van der Waals surface area contributed by atoms with Crippen LogP contribution in [0.4, 0.5) is 0 Å². The van der Waals surface area contributed by atoms with Crippen LogP contribution in [0.5, 0.6) is 0 Å². The van der Waals surface area contributed by atoms with Crippen molar-refractivity contribution in [3.05, 3.63) is 0 Å². The van der Waals surface area contributed by atoms with Gasteiger partial charge in [-0.15, -0.1) is 0 Å². The summed E-state index contributed by atoms with van der Waals surface area (Å²) < 4.78 is 0. The van der Waals surface area contributed by atoms with E-state index >= 15 is 0 Å². The molecule has 1 heterocycles. The van der Waals surface area contributed by atoms with Crippen LogP contribution in [0.1, 0.15) is 33.1 Å². The lowest BCUT2D eigenvalue weighted by Crippen LogP contribution is -2.44. The Bertz CT molecular complexity index is 164. The van der Waals surface area contributed by atoms with Gasteiger partial charge in [0.2, 0.25) is 0 Å². The Morgan fingerprint density at radius 3 is 3.00 bits per heavy atom. The monoisotopic (exact) mass is 214 g/mol. The molecule has 0 aromatic carbocycles. The molecular weight excluding hydrogens is 188 g/mol. The van der Waals surface area contributed by atoms with Crippen LogP contribution in [0.15, 0.2) is 0 Å². The Balaban J connectivity index is 2.28. The Hall–Kier alpha value is -0.120. The summed E-state index contributed by atoms with van der Waals surface area (Å²) in [6.07, 6.45) is 3.58. The molecule has 3 nitrogen and oxygen atoms in total. The van der Waals surface area contributed by atoms with E-state index in [2.05, 4.69) is 24.1 Å². The smallest absolute Gasteiger partial charge is 0.0443 e. The quantitative estimate of drug-likeness (QED) is 0.694. The van der Waals surface area contributed by atoms with Crippen LogP contribution in [-0.2, 0) is 0 Å². The van der Waals surface area contributed by atoms with Gasteiger partial charge < -0.3 is 15.3 Å². The van der Waals surface area contributed by atoms with Gasteiger partial charge >= 0.3 is 0 Å². The molecule has 0 radical (unpaired) electrons. The molecule has 2 unspecified atom stereocenters. The maximum Gasteiger partial charge on any atom is 0.0443 e. The first-order valence-corrected chi connectivity index (χ1v) is 6.34. The Labute approximate surface area is 93.9 Å². The molecule has 2 N–H and O–H groups in total. The maximum absolute atomic E-state index is 8.82. The zero-order valence-electron chi connectivity index (χ0n) is 10.2. The van der Waals surface area contributed by atoms with Crippen molar-refractivity contribution >= 4 is 0 Å². The third kappa shape index (κ3) is 4.49. The van der Waals surface area contributed by atoms with Gasteiger partial charge in [0.05, 0.1) is 0 Å². The van der Waals surface area contributed by atoms with Gasteiger partial charge in [0.1, 0.15) is 0 Å². The summed E-state index contributed by atoms with van der Waals surface area (Å²) in [5.41, 5.74) is 0. The molecule has 90 valence electrons. The van der Waals surface area contributed by atoms with Gasteiger partial charge in [0, 0.05) is 25.7 Å². The van der Waals surface area contributed by atoms with Crippen LogP contribution in [0, 0.1) is 5.92 Å². The summed E-state index contributed by atoms with van der Waals surface area (Å²) in [5.74, 6) is 0.789. The summed E-state index contributed by atoms with van der Waals surface area (Å²) in [5, 5.41) is 12.3. The second-order valence-electron chi connectivity index (χ2n) is 4.63. The predicted molar refractivity (Wildman–Crippen MR) is 64.0 cm³/mol. The fraction of sp³-hybridized carbons (Fsp3) is 1.00. The van der Waals surface area contributed by atoms with Crippen LogP contribution in [0.25, 0.3) is 0 Å². The van der Waals surface area contributed by atoms with Crippen LogP contribution in [0.3, 0.4) is 0 Å². The van der Waals surface area contributed by atoms with Gasteiger partial charge in [-0.1, -0.05) is 6.92 Å². The van der Waals surface area contributed by atoms with Crippen molar-refractivity contribution in [3.63, 3.8) is 0 Å². The molecule has 0 bridgehead atoms. The van der Waals surface area contributed by atoms with Crippen LogP contribution in [0.2, 0.25) is 0 Å². The number of piperidine rings is 1. The SMILES string of the molecule is CCNC(C)C1CCCN(CCCO)C1. The van der Waals surface area contributed by atoms with Crippen molar-refractivity contribution in [2.45, 2.75) is 39.2 Å². The van der Waals surface area contributed by atoms with E-state index in [0.717, 1.165) is 25.4 Å². The van der Waals surface area contributed by atoms with Crippen LogP contribution in [-0.4, -0.2) is 48.8 Å². The topological polar surface area (TPSA) is 35.5 Å². The van der Waals surface area contributed by atoms with Gasteiger partial charge in [0.25, 0.3) is 0 Å². The largest absolute Gasteiger partial charge is 0.396 e. The first kappa shape index (κ1) is 12.9. The van der Waals surface area contributed by atoms with Crippen molar-refractivity contribution in [2.75, 3.05) is 32.8 Å². The first-order chi connectivity index (χ1) is 7.27. The fourth-order valence-electron chi connectivity index (χ4n) is 2.49. The molecule has 15 heavy (non-hydrogen) atoms. The number of nitrogens with one attached hydrogen (secondary N) is 1. The standard InChI is InChI=1S/C12H26N2O/c1-3-13-11(2)12-6-4-7-14(10-12)8-5-9-15/h11-13,15H,3-10H2,1-2H3. The summed E-state index contributed by atoms with van der Waals surface area (Å²) in [4.78, 5) is 2.50. The average molecular weight is 214 g/mol. The number of rotatable bonds is 6. The third-order valence-corrected chi connectivity index (χ3v) is 3.41. The highest BCUT2D eigenvalue weighted by molar-refractivity contribution is 4.79. The summed E-state index contributed by atoms with van der Waals surface area (Å²) >= 11 is 0. The second kappa shape index (κ2) is 7.20. The Kier molecular flexibility index (Phi) is 6.22. The molecule has 1 aliphatic rings. The Morgan fingerprint density at radius 1 is 1.53 bits per heavy atom. The van der Waals surface area contributed by atoms with Crippen molar-refractivity contribution in [1.82, 2.24) is 10.2 Å². The number of hydrogen-bond acceptors (Lipinski definition) is 3. The highest BCUT2D eigenvalue weighted by Gasteiger charge is 2.23. The van der Waals surface area contributed by atoms with Gasteiger partial charge in [-0.3, -0.25) is 0 Å². The van der Waals surface area contributed by atoms with Gasteiger partial charge in [0.15, 0.2) is 0 Å². The minimum Gasteiger partial charge on any atom is -0.396 e. The lowest BCUT2D eigenvalue weighted by atomic mass is 9.91. The van der Waals surface area contributed by atoms with Crippen LogP contribution < -0.4 is 5.32 Å². The molecular formula is C12H26N2O. The van der Waals surface area contributed by atoms with Crippen molar-refractivity contribution < 1.29 is 5.11 Å². The van der Waals surface area contributed by atoms with E-state index in [4.69, 9.17) is 5.11 Å². The fourth-order valence-corrected chi connectivity index (χ4v) is 2.49. The molecule has 1 aliphatic heterocycles. The van der Waals surface area contributed by atoms with E-state index in [1.54, 1.807) is 0 Å². The summed E-state index contributed by atoms with van der Waals surface area (Å²) in [6, 6.07) is 0.631. The van der Waals surface area contributed by atoms with E-state index in [0.29, 0.717) is 12.6 Å². The average Bonchev–Trinajstić information content (AvgIpc) is 2.27. The molecule has 0 amide bonds. The number of likely N-dealkylation sites (tertiary alicyclic amines) is 1. The molecule has 0 aromatic rings. The zero-order valence-corrected chi connectivity index (χ0v) is 10.2. The molecule has 3 heteroatoms. The van der Waals surface area contributed by atoms with Crippen molar-refractivity contribution in [2.24, 2.45) is 5.92 Å². The maximum atomic E-state index is 8.82. The molecule has 1 fully saturated rings. The minimum atomic E-state index is 0.323. The highest BCUT2D eigenvalue weighted by atomic mass is 16.3. The lowest BCUT2D eigenvalue weighted by Gasteiger charge is -2.36. The molecule has 0 aliphatic carbocycles. The normalized spacial score (nSPS) is 25.4. The van der Waals surface area contributed by atoms with E-state index in [1.807, 2.05) is 0 Å². The van der Waals surface area contributed by atoms with E-state index in [1.165, 1.54) is 25.9 Å². The van der Waals surface area contributed by atoms with Crippen molar-refractivity contribution in [1.29, 1.82) is 0 Å². The van der Waals surface area contributed by atoms with Gasteiger partial charge in [-0.05, 0) is 45.2 Å². The van der Waals surface area contributed by atoms with Gasteiger partial charge in [-0.25, -0.2) is 0 Å². The van der Waals surface area contributed by atoms with Gasteiger partial charge in [-0.2, -0.15) is 0 Å². The minimum absolute atomic E-state index is 0.323. The van der Waals surface area contributed by atoms with Crippen LogP contribution >= 0.6 is 0 Å². The first-order valence-electron chi connectivity index (χ1n) is 6.34. The molecule has 0 aromatic heterocycles. The molecule has 2 atom stereocenters. The molecule has 0 spiro atoms. The predicted octanol–water partition coefficient (Wildman–Crippen LogP) is 1.08. The third-order valence-electron chi connectivity index (χ3n) is 3.41. The number of nitrogens with zero attached hydrogens (tertiary/aromatic N) is 1. The van der Waals surface area contributed by atoms with E-state index in [9.17, 15) is 0 Å². The lowest BCUT2D eigenvalue weighted by molar-refractivity contribution is 0.140. The number of aliphatic hydroxyl groups is 1. The summed E-state index contributed by atoms with van der Waals surface area (Å²) in [7, 11) is 0. The van der Waals surface area contributed by atoms with E-state index < -0.39 is 0 Å². The van der Waals surface area contributed by atoms with E-state index in [-0.39, 0.29) is 0 Å². The number of aliphatic hydroxyl groups excluding tert-OH is 1. The summed E-state index contributed by atoms with van der Waals surface area (Å²) in [6.45, 7) is 9.33. The molecule has 1 saturated heterocycles. The molecule has 0 saturated carbocycles. The second-order valence-corrected chi connectivity index (χ2v) is 4.63. The Morgan fingerprint density at radius 2 is 2.33 bits per heavy atom. The number of hydrogen-bond donors (Lipinski definition) is 2. The van der Waals surface area contributed by atoms with Crippen molar-refractivity contribution in [3.8, 4) is 0 Å². The molecule has 1 rings (SSSR count). The zero-order chi connectivity index (χ0) is 11.1. The highest BCUT2D eigenvalue weighted by Crippen LogP contribution is 2.19.